The molecule has 0 bridgehead atoms. The van der Waals surface area contributed by atoms with Crippen LogP contribution in [0.5, 0.6) is 0 Å². The highest BCUT2D eigenvalue weighted by molar-refractivity contribution is 7.26. The molecule has 0 atom stereocenters. The maximum absolute atomic E-state index is 11.2. The van der Waals surface area contributed by atoms with Crippen molar-refractivity contribution in [2.24, 2.45) is 0 Å². The van der Waals surface area contributed by atoms with Gasteiger partial charge in [-0.2, -0.15) is 10.5 Å². The standard InChI is InChI=1S/C54H29N5S/c55-30-33-28-49(34(31-56)27-48(33)58-45-19-9-5-15-40(45)52-36-12-2-1-11-32(36)21-24-47(52)58)59-46-25-22-35(57-43-17-7-3-13-37(43)38-14-4-8-18-44(38)57)29-42(46)39-23-26-51-53(54(39)59)41-16-6-10-20-50(41)60-51/h1-29H. The van der Waals surface area contributed by atoms with Gasteiger partial charge >= 0.3 is 0 Å². The minimum absolute atomic E-state index is 0.484. The number of fused-ring (bicyclic) bond motifs is 15. The minimum atomic E-state index is 0.484. The first-order valence-electron chi connectivity index (χ1n) is 20.0. The first kappa shape index (κ1) is 32.9. The van der Waals surface area contributed by atoms with E-state index in [1.807, 2.05) is 18.2 Å². The molecule has 4 heterocycles. The van der Waals surface area contributed by atoms with E-state index in [0.29, 0.717) is 22.5 Å². The molecule has 276 valence electrons. The van der Waals surface area contributed by atoms with Gasteiger partial charge in [-0.05, 0) is 77.5 Å². The van der Waals surface area contributed by atoms with Crippen molar-refractivity contribution in [1.29, 1.82) is 10.5 Å². The Morgan fingerprint density at radius 2 is 0.933 bits per heavy atom. The van der Waals surface area contributed by atoms with E-state index in [9.17, 15) is 10.5 Å². The first-order valence-corrected chi connectivity index (χ1v) is 20.8. The summed E-state index contributed by atoms with van der Waals surface area (Å²) in [5.41, 5.74) is 9.64. The number of nitriles is 2. The predicted octanol–water partition coefficient (Wildman–Crippen LogP) is 14.2. The molecule has 0 aliphatic heterocycles. The zero-order valence-corrected chi connectivity index (χ0v) is 32.7. The fourth-order valence-corrected chi connectivity index (χ4v) is 11.1. The van der Waals surface area contributed by atoms with Crippen LogP contribution in [0.4, 0.5) is 0 Å². The highest BCUT2D eigenvalue weighted by Crippen LogP contribution is 2.45. The van der Waals surface area contributed by atoms with Crippen LogP contribution in [-0.2, 0) is 0 Å². The maximum atomic E-state index is 11.2. The van der Waals surface area contributed by atoms with Crippen molar-refractivity contribution in [2.45, 2.75) is 0 Å². The van der Waals surface area contributed by atoms with Crippen LogP contribution in [-0.4, -0.2) is 13.7 Å². The van der Waals surface area contributed by atoms with Gasteiger partial charge in [-0.15, -0.1) is 11.3 Å². The normalized spacial score (nSPS) is 12.0. The molecule has 0 spiro atoms. The summed E-state index contributed by atoms with van der Waals surface area (Å²) in [6.07, 6.45) is 0. The Balaban J connectivity index is 1.14. The smallest absolute Gasteiger partial charge is 0.101 e. The molecular weight excluding hydrogens is 751 g/mol. The number of hydrogen-bond acceptors (Lipinski definition) is 3. The van der Waals surface area contributed by atoms with Gasteiger partial charge in [-0.1, -0.05) is 109 Å². The SMILES string of the molecule is N#Cc1cc(-n2c3ccc(-n4c5ccccc5c5ccccc54)cc3c3ccc4sc5ccccc5c4c32)c(C#N)cc1-n1c2ccccc2c2c3ccccc3ccc21. The molecule has 0 fully saturated rings. The van der Waals surface area contributed by atoms with E-state index < -0.39 is 0 Å². The number of rotatable bonds is 3. The van der Waals surface area contributed by atoms with Gasteiger partial charge in [0.1, 0.15) is 12.1 Å². The molecule has 0 saturated carbocycles. The third kappa shape index (κ3) is 4.32. The lowest BCUT2D eigenvalue weighted by Gasteiger charge is -2.16. The van der Waals surface area contributed by atoms with Crippen LogP contribution in [0.3, 0.4) is 0 Å². The van der Waals surface area contributed by atoms with E-state index in [4.69, 9.17) is 0 Å². The Bertz CT molecular complexity index is 4050. The second-order valence-electron chi connectivity index (χ2n) is 15.5. The lowest BCUT2D eigenvalue weighted by Crippen LogP contribution is -2.04. The second kappa shape index (κ2) is 12.2. The van der Waals surface area contributed by atoms with Crippen LogP contribution in [0.2, 0.25) is 0 Å². The Morgan fingerprint density at radius 3 is 1.65 bits per heavy atom. The molecule has 60 heavy (non-hydrogen) atoms. The summed E-state index contributed by atoms with van der Waals surface area (Å²) in [5, 5.41) is 33.7. The van der Waals surface area contributed by atoms with Crippen molar-refractivity contribution in [3.05, 3.63) is 187 Å². The molecule has 0 saturated heterocycles. The number of thiophene rings is 1. The highest BCUT2D eigenvalue weighted by Gasteiger charge is 2.24. The van der Waals surface area contributed by atoms with Crippen molar-refractivity contribution in [2.75, 3.05) is 0 Å². The van der Waals surface area contributed by atoms with Gasteiger partial charge < -0.3 is 13.7 Å². The minimum Gasteiger partial charge on any atom is -0.309 e. The highest BCUT2D eigenvalue weighted by atomic mass is 32.1. The van der Waals surface area contributed by atoms with Crippen molar-refractivity contribution in [1.82, 2.24) is 13.7 Å². The van der Waals surface area contributed by atoms with Gasteiger partial charge in [0.05, 0.1) is 55.6 Å². The van der Waals surface area contributed by atoms with Crippen molar-refractivity contribution < 1.29 is 0 Å². The van der Waals surface area contributed by atoms with Crippen molar-refractivity contribution >= 4 is 108 Å². The van der Waals surface area contributed by atoms with Crippen LogP contribution < -0.4 is 0 Å². The summed E-state index contributed by atoms with van der Waals surface area (Å²) in [7, 11) is 0. The number of nitrogens with zero attached hydrogens (tertiary/aromatic N) is 5. The summed E-state index contributed by atoms with van der Waals surface area (Å²) in [5.74, 6) is 0. The van der Waals surface area contributed by atoms with Gasteiger partial charge in [0, 0.05) is 58.2 Å². The van der Waals surface area contributed by atoms with Gasteiger partial charge in [-0.25, -0.2) is 0 Å². The van der Waals surface area contributed by atoms with E-state index in [2.05, 4.69) is 184 Å². The summed E-state index contributed by atoms with van der Waals surface area (Å²) < 4.78 is 9.13. The maximum Gasteiger partial charge on any atom is 0.101 e. The van der Waals surface area contributed by atoms with E-state index >= 15 is 0 Å². The first-order chi connectivity index (χ1) is 29.7. The largest absolute Gasteiger partial charge is 0.309 e. The fraction of sp³-hybridized carbons (Fsp3) is 0. The lowest BCUT2D eigenvalue weighted by atomic mass is 10.0. The van der Waals surface area contributed by atoms with Gasteiger partial charge in [-0.3, -0.25) is 0 Å². The molecule has 0 radical (unpaired) electrons. The second-order valence-corrected chi connectivity index (χ2v) is 16.6. The zero-order valence-electron chi connectivity index (χ0n) is 31.9. The Morgan fingerprint density at radius 1 is 0.367 bits per heavy atom. The Labute approximate surface area is 346 Å². The Hall–Kier alpha value is -8.16. The molecule has 5 nitrogen and oxygen atoms in total. The summed E-state index contributed by atoms with van der Waals surface area (Å²) in [4.78, 5) is 0. The fourth-order valence-electron chi connectivity index (χ4n) is 10.0. The van der Waals surface area contributed by atoms with E-state index in [-0.39, 0.29) is 0 Å². The molecule has 0 unspecified atom stereocenters. The van der Waals surface area contributed by atoms with Gasteiger partial charge in [0.15, 0.2) is 0 Å². The average molecular weight is 780 g/mol. The molecule has 9 aromatic carbocycles. The summed E-state index contributed by atoms with van der Waals surface area (Å²) in [6, 6.07) is 66.9. The van der Waals surface area contributed by atoms with Crippen LogP contribution in [0.1, 0.15) is 11.1 Å². The topological polar surface area (TPSA) is 62.4 Å². The van der Waals surface area contributed by atoms with Gasteiger partial charge in [0.2, 0.25) is 0 Å². The molecular formula is C54H29N5S. The van der Waals surface area contributed by atoms with Crippen molar-refractivity contribution in [3.63, 3.8) is 0 Å². The number of aromatic nitrogens is 3. The lowest BCUT2D eigenvalue weighted by molar-refractivity contribution is 1.12. The molecule has 0 amide bonds. The monoisotopic (exact) mass is 779 g/mol. The third-order valence-electron chi connectivity index (χ3n) is 12.5. The molecule has 0 N–H and O–H groups in total. The molecule has 13 aromatic rings. The quantitative estimate of drug-likeness (QED) is 0.179. The molecule has 6 heteroatoms. The van der Waals surface area contributed by atoms with Crippen LogP contribution >= 0.6 is 11.3 Å². The van der Waals surface area contributed by atoms with E-state index in [1.165, 1.54) is 25.6 Å². The van der Waals surface area contributed by atoms with Crippen LogP contribution in [0.25, 0.3) is 113 Å². The summed E-state index contributed by atoms with van der Waals surface area (Å²) in [6.45, 7) is 0. The van der Waals surface area contributed by atoms with E-state index in [1.54, 1.807) is 11.3 Å². The van der Waals surface area contributed by atoms with Crippen LogP contribution in [0.15, 0.2) is 176 Å². The summed E-state index contributed by atoms with van der Waals surface area (Å²) >= 11 is 1.78. The molecule has 4 aromatic heterocycles. The number of benzene rings is 9. The molecule has 0 aliphatic rings. The van der Waals surface area contributed by atoms with Gasteiger partial charge in [0.25, 0.3) is 0 Å². The average Bonchev–Trinajstić information content (AvgIpc) is 4.04. The zero-order chi connectivity index (χ0) is 39.6. The molecule has 13 rings (SSSR count). The Kier molecular flexibility index (Phi) is 6.67. The number of hydrogen-bond donors (Lipinski definition) is 0. The number of para-hydroxylation sites is 3. The van der Waals surface area contributed by atoms with E-state index in [0.717, 1.165) is 76.5 Å². The predicted molar refractivity (Wildman–Crippen MR) is 249 cm³/mol. The van der Waals surface area contributed by atoms with Crippen LogP contribution in [0, 0.1) is 22.7 Å². The third-order valence-corrected chi connectivity index (χ3v) is 13.6. The molecule has 0 aliphatic carbocycles. The van der Waals surface area contributed by atoms with Crippen molar-refractivity contribution in [3.8, 4) is 29.2 Å².